The Labute approximate surface area is 162 Å². The van der Waals surface area contributed by atoms with Gasteiger partial charge in [0, 0.05) is 17.0 Å². The zero-order valence-corrected chi connectivity index (χ0v) is 17.1. The highest BCUT2D eigenvalue weighted by Crippen LogP contribution is 2.30. The number of benzene rings is 1. The van der Waals surface area contributed by atoms with Crippen LogP contribution >= 0.6 is 22.9 Å². The van der Waals surface area contributed by atoms with Crippen molar-refractivity contribution in [3.8, 4) is 11.5 Å². The Morgan fingerprint density at radius 3 is 2.54 bits per heavy atom. The molecule has 1 heterocycles. The van der Waals surface area contributed by atoms with Gasteiger partial charge in [-0.1, -0.05) is 0 Å². The quantitative estimate of drug-likeness (QED) is 0.651. The standard InChI is InChI=1S/C18H23ClN2O4S/c1-18(2,3)25-17(22)21(16-20-13(9-19)11-26-16)10-12-6-7-14(23-4)8-15(12)24-5/h6-8,11H,9-10H2,1-5H3. The lowest BCUT2D eigenvalue weighted by atomic mass is 10.2. The minimum absolute atomic E-state index is 0.247. The number of alkyl halides is 1. The average molecular weight is 399 g/mol. The molecule has 142 valence electrons. The normalized spacial score (nSPS) is 11.2. The number of methoxy groups -OCH3 is 2. The lowest BCUT2D eigenvalue weighted by Crippen LogP contribution is -2.36. The van der Waals surface area contributed by atoms with Crippen molar-refractivity contribution < 1.29 is 19.0 Å². The van der Waals surface area contributed by atoms with Gasteiger partial charge in [0.15, 0.2) is 5.13 Å². The van der Waals surface area contributed by atoms with E-state index in [0.717, 1.165) is 5.56 Å². The maximum absolute atomic E-state index is 12.8. The highest BCUT2D eigenvalue weighted by Gasteiger charge is 2.26. The van der Waals surface area contributed by atoms with Crippen molar-refractivity contribution in [1.82, 2.24) is 4.98 Å². The van der Waals surface area contributed by atoms with Gasteiger partial charge in [-0.3, -0.25) is 0 Å². The number of hydrogen-bond donors (Lipinski definition) is 0. The van der Waals surface area contributed by atoms with Crippen molar-refractivity contribution in [1.29, 1.82) is 0 Å². The van der Waals surface area contributed by atoms with Gasteiger partial charge in [0.05, 0.1) is 32.3 Å². The van der Waals surface area contributed by atoms with E-state index in [1.54, 1.807) is 20.3 Å². The average Bonchev–Trinajstić information content (AvgIpc) is 3.06. The summed E-state index contributed by atoms with van der Waals surface area (Å²) >= 11 is 7.19. The first kappa shape index (κ1) is 20.3. The van der Waals surface area contributed by atoms with Crippen molar-refractivity contribution >= 4 is 34.2 Å². The molecule has 8 heteroatoms. The molecule has 0 fully saturated rings. The summed E-state index contributed by atoms with van der Waals surface area (Å²) in [6, 6.07) is 5.44. The molecule has 2 rings (SSSR count). The molecule has 0 atom stereocenters. The van der Waals surface area contributed by atoms with Crippen LogP contribution in [0.15, 0.2) is 23.6 Å². The van der Waals surface area contributed by atoms with Gasteiger partial charge in [-0.25, -0.2) is 14.7 Å². The second kappa shape index (κ2) is 8.60. The molecule has 0 saturated heterocycles. The van der Waals surface area contributed by atoms with Crippen molar-refractivity contribution in [3.63, 3.8) is 0 Å². The van der Waals surface area contributed by atoms with Gasteiger partial charge in [0.25, 0.3) is 0 Å². The fraction of sp³-hybridized carbons (Fsp3) is 0.444. The Morgan fingerprint density at radius 1 is 1.27 bits per heavy atom. The predicted molar refractivity (Wildman–Crippen MR) is 104 cm³/mol. The summed E-state index contributed by atoms with van der Waals surface area (Å²) in [5.41, 5.74) is 0.898. The minimum Gasteiger partial charge on any atom is -0.497 e. The largest absolute Gasteiger partial charge is 0.497 e. The van der Waals surface area contributed by atoms with Crippen LogP contribution in [0, 0.1) is 0 Å². The van der Waals surface area contributed by atoms with E-state index in [2.05, 4.69) is 4.98 Å². The highest BCUT2D eigenvalue weighted by atomic mass is 35.5. The van der Waals surface area contributed by atoms with Crippen LogP contribution in [-0.4, -0.2) is 30.9 Å². The number of amides is 1. The van der Waals surface area contributed by atoms with Crippen molar-refractivity contribution in [2.45, 2.75) is 38.8 Å². The van der Waals surface area contributed by atoms with E-state index in [-0.39, 0.29) is 12.4 Å². The third-order valence-corrected chi connectivity index (χ3v) is 4.53. The van der Waals surface area contributed by atoms with Crippen molar-refractivity contribution in [2.24, 2.45) is 0 Å². The molecule has 1 aromatic carbocycles. The molecule has 0 bridgehead atoms. The molecule has 0 unspecified atom stereocenters. The maximum Gasteiger partial charge on any atom is 0.416 e. The number of carbonyl (C=O) groups excluding carboxylic acids is 1. The molecule has 0 aliphatic heterocycles. The smallest absolute Gasteiger partial charge is 0.416 e. The summed E-state index contributed by atoms with van der Waals surface area (Å²) in [5.74, 6) is 1.57. The second-order valence-corrected chi connectivity index (χ2v) is 7.60. The van der Waals surface area contributed by atoms with E-state index in [9.17, 15) is 4.79 Å². The topological polar surface area (TPSA) is 60.9 Å². The Bertz CT molecular complexity index is 758. The maximum atomic E-state index is 12.8. The zero-order valence-electron chi connectivity index (χ0n) is 15.5. The molecular formula is C18H23ClN2O4S. The zero-order chi connectivity index (χ0) is 19.3. The first-order valence-electron chi connectivity index (χ1n) is 7.99. The van der Waals surface area contributed by atoms with Gasteiger partial charge in [-0.05, 0) is 32.9 Å². The highest BCUT2D eigenvalue weighted by molar-refractivity contribution is 7.14. The lowest BCUT2D eigenvalue weighted by Gasteiger charge is -2.26. The van der Waals surface area contributed by atoms with Crippen LogP contribution in [-0.2, 0) is 17.2 Å². The summed E-state index contributed by atoms with van der Waals surface area (Å²) in [4.78, 5) is 18.7. The van der Waals surface area contributed by atoms with Crippen LogP contribution < -0.4 is 14.4 Å². The number of halogens is 1. The fourth-order valence-electron chi connectivity index (χ4n) is 2.16. The van der Waals surface area contributed by atoms with Crippen LogP contribution in [0.25, 0.3) is 0 Å². The summed E-state index contributed by atoms with van der Waals surface area (Å²) in [7, 11) is 3.16. The van der Waals surface area contributed by atoms with Gasteiger partial charge in [-0.15, -0.1) is 22.9 Å². The summed E-state index contributed by atoms with van der Waals surface area (Å²) < 4.78 is 16.2. The van der Waals surface area contributed by atoms with Gasteiger partial charge >= 0.3 is 6.09 Å². The number of thiazole rings is 1. The van der Waals surface area contributed by atoms with E-state index >= 15 is 0 Å². The number of rotatable bonds is 6. The van der Waals surface area contributed by atoms with Crippen LogP contribution in [0.1, 0.15) is 32.0 Å². The molecule has 0 saturated carbocycles. The van der Waals surface area contributed by atoms with E-state index in [1.165, 1.54) is 16.2 Å². The first-order chi connectivity index (χ1) is 12.3. The number of carbonyl (C=O) groups is 1. The number of aromatic nitrogens is 1. The van der Waals surface area contributed by atoms with Crippen LogP contribution in [0.2, 0.25) is 0 Å². The van der Waals surface area contributed by atoms with E-state index < -0.39 is 11.7 Å². The Kier molecular flexibility index (Phi) is 6.72. The molecular weight excluding hydrogens is 376 g/mol. The molecule has 1 aromatic heterocycles. The van der Waals surface area contributed by atoms with Gasteiger partial charge in [0.2, 0.25) is 0 Å². The molecule has 1 amide bonds. The van der Waals surface area contributed by atoms with Crippen LogP contribution in [0.3, 0.4) is 0 Å². The number of anilines is 1. The van der Waals surface area contributed by atoms with E-state index in [1.807, 2.05) is 38.3 Å². The molecule has 6 nitrogen and oxygen atoms in total. The fourth-order valence-corrected chi connectivity index (χ4v) is 3.20. The Hall–Kier alpha value is -1.99. The van der Waals surface area contributed by atoms with Gasteiger partial charge in [0.1, 0.15) is 17.1 Å². The Morgan fingerprint density at radius 2 is 2.00 bits per heavy atom. The van der Waals surface area contributed by atoms with Gasteiger partial charge in [-0.2, -0.15) is 0 Å². The monoisotopic (exact) mass is 398 g/mol. The van der Waals surface area contributed by atoms with E-state index in [4.69, 9.17) is 25.8 Å². The third kappa shape index (κ3) is 5.25. The van der Waals surface area contributed by atoms with Crippen molar-refractivity contribution in [2.75, 3.05) is 19.1 Å². The molecule has 2 aromatic rings. The Balaban J connectivity index is 2.36. The van der Waals surface area contributed by atoms with Crippen LogP contribution in [0.5, 0.6) is 11.5 Å². The minimum atomic E-state index is -0.619. The molecule has 0 spiro atoms. The van der Waals surface area contributed by atoms with E-state index in [0.29, 0.717) is 22.3 Å². The number of ether oxygens (including phenoxy) is 3. The summed E-state index contributed by atoms with van der Waals surface area (Å²) in [6.45, 7) is 5.71. The predicted octanol–water partition coefficient (Wildman–Crippen LogP) is 4.84. The van der Waals surface area contributed by atoms with Crippen molar-refractivity contribution in [3.05, 3.63) is 34.8 Å². The van der Waals surface area contributed by atoms with Crippen LogP contribution in [0.4, 0.5) is 9.93 Å². The SMILES string of the molecule is COc1ccc(CN(C(=O)OC(C)(C)C)c2nc(CCl)cs2)c(OC)c1. The molecule has 0 N–H and O–H groups in total. The lowest BCUT2D eigenvalue weighted by molar-refractivity contribution is 0.0577. The third-order valence-electron chi connectivity index (χ3n) is 3.34. The first-order valence-corrected chi connectivity index (χ1v) is 9.40. The second-order valence-electron chi connectivity index (χ2n) is 6.50. The molecule has 0 radical (unpaired) electrons. The number of hydrogen-bond acceptors (Lipinski definition) is 6. The molecule has 26 heavy (non-hydrogen) atoms. The molecule has 0 aliphatic rings. The van der Waals surface area contributed by atoms with Gasteiger partial charge < -0.3 is 14.2 Å². The molecule has 0 aliphatic carbocycles. The number of nitrogens with zero attached hydrogens (tertiary/aromatic N) is 2. The summed E-state index contributed by atoms with van der Waals surface area (Å²) in [6.07, 6.45) is -0.481. The summed E-state index contributed by atoms with van der Waals surface area (Å²) in [5, 5.41) is 2.35.